The second-order valence-corrected chi connectivity index (χ2v) is 6.09. The number of ether oxygens (including phenoxy) is 2. The molecule has 2 aromatic rings. The molecule has 25 heavy (non-hydrogen) atoms. The third kappa shape index (κ3) is 3.30. The molecule has 0 saturated carbocycles. The first-order chi connectivity index (χ1) is 12.0. The Morgan fingerprint density at radius 1 is 1.12 bits per heavy atom. The van der Waals surface area contributed by atoms with Crippen molar-refractivity contribution in [3.8, 4) is 11.1 Å². The van der Waals surface area contributed by atoms with E-state index in [-0.39, 0.29) is 11.6 Å². The number of hydrogen-bond donors (Lipinski definition) is 0. The molecule has 6 heteroatoms. The SMILES string of the molecule is COC(=O)c1c(N2CCOCC2)c(-c2ccc(C)cc2)cn1C(C)=O. The van der Waals surface area contributed by atoms with E-state index in [9.17, 15) is 9.59 Å². The molecule has 0 bridgehead atoms. The van der Waals surface area contributed by atoms with Crippen molar-refractivity contribution in [3.05, 3.63) is 41.7 Å². The van der Waals surface area contributed by atoms with Gasteiger partial charge in [-0.15, -0.1) is 0 Å². The van der Waals surface area contributed by atoms with Crippen LogP contribution < -0.4 is 4.90 Å². The molecular weight excluding hydrogens is 320 g/mol. The third-order valence-corrected chi connectivity index (χ3v) is 4.39. The Morgan fingerprint density at radius 3 is 2.32 bits per heavy atom. The van der Waals surface area contributed by atoms with Gasteiger partial charge in [0.05, 0.1) is 26.0 Å². The predicted molar refractivity (Wildman–Crippen MR) is 95.3 cm³/mol. The molecule has 1 aromatic heterocycles. The molecule has 0 atom stereocenters. The van der Waals surface area contributed by atoms with Gasteiger partial charge in [-0.3, -0.25) is 9.36 Å². The van der Waals surface area contributed by atoms with Crippen molar-refractivity contribution in [1.82, 2.24) is 4.57 Å². The van der Waals surface area contributed by atoms with Crippen LogP contribution in [0, 0.1) is 6.92 Å². The van der Waals surface area contributed by atoms with Gasteiger partial charge in [-0.25, -0.2) is 4.79 Å². The Hall–Kier alpha value is -2.60. The lowest BCUT2D eigenvalue weighted by atomic mass is 10.0. The number of rotatable bonds is 3. The molecule has 0 spiro atoms. The number of hydrogen-bond acceptors (Lipinski definition) is 5. The number of carbonyl (C=O) groups is 2. The average Bonchev–Trinajstić information content (AvgIpc) is 3.03. The molecule has 0 N–H and O–H groups in total. The average molecular weight is 342 g/mol. The van der Waals surface area contributed by atoms with E-state index in [1.165, 1.54) is 18.6 Å². The van der Waals surface area contributed by atoms with Crippen molar-refractivity contribution in [1.29, 1.82) is 0 Å². The lowest BCUT2D eigenvalue weighted by molar-refractivity contribution is 0.0582. The smallest absolute Gasteiger partial charge is 0.357 e. The summed E-state index contributed by atoms with van der Waals surface area (Å²) in [7, 11) is 1.33. The highest BCUT2D eigenvalue weighted by Crippen LogP contribution is 2.37. The number of aryl methyl sites for hydroxylation is 1. The summed E-state index contributed by atoms with van der Waals surface area (Å²) in [5.74, 6) is -0.747. The standard InChI is InChI=1S/C19H22N2O4/c1-13-4-6-15(7-5-13)16-12-21(14(2)22)18(19(23)24-3)17(16)20-8-10-25-11-9-20/h4-7,12H,8-11H2,1-3H3. The molecule has 3 rings (SSSR count). The molecule has 0 aliphatic carbocycles. The molecular formula is C19H22N2O4. The van der Waals surface area contributed by atoms with Crippen molar-refractivity contribution in [2.75, 3.05) is 38.3 Å². The zero-order valence-electron chi connectivity index (χ0n) is 14.7. The van der Waals surface area contributed by atoms with E-state index >= 15 is 0 Å². The van der Waals surface area contributed by atoms with Crippen LogP contribution in [-0.4, -0.2) is 49.9 Å². The van der Waals surface area contributed by atoms with Crippen molar-refractivity contribution < 1.29 is 19.1 Å². The fraction of sp³-hybridized carbons (Fsp3) is 0.368. The Labute approximate surface area is 146 Å². The summed E-state index contributed by atoms with van der Waals surface area (Å²) in [6.45, 7) is 5.94. The maximum atomic E-state index is 12.4. The lowest BCUT2D eigenvalue weighted by Gasteiger charge is -2.30. The Kier molecular flexibility index (Phi) is 4.90. The van der Waals surface area contributed by atoms with E-state index in [2.05, 4.69) is 4.90 Å². The van der Waals surface area contributed by atoms with Crippen LogP contribution in [0.3, 0.4) is 0 Å². The number of nitrogens with zero attached hydrogens (tertiary/aromatic N) is 2. The maximum absolute atomic E-state index is 12.4. The van der Waals surface area contributed by atoms with Gasteiger partial charge in [0.2, 0.25) is 5.91 Å². The van der Waals surface area contributed by atoms with Gasteiger partial charge < -0.3 is 14.4 Å². The highest BCUT2D eigenvalue weighted by molar-refractivity contribution is 6.03. The van der Waals surface area contributed by atoms with Gasteiger partial charge in [0.25, 0.3) is 0 Å². The minimum atomic E-state index is -0.518. The van der Waals surface area contributed by atoms with Crippen LogP contribution in [0.2, 0.25) is 0 Å². The topological polar surface area (TPSA) is 60.8 Å². The number of morpholine rings is 1. The van der Waals surface area contributed by atoms with Gasteiger partial charge in [0.15, 0.2) is 5.69 Å². The van der Waals surface area contributed by atoms with Gasteiger partial charge in [0.1, 0.15) is 0 Å². The molecule has 1 aliphatic heterocycles. The summed E-state index contributed by atoms with van der Waals surface area (Å²) in [6, 6.07) is 8.03. The molecule has 1 aromatic carbocycles. The zero-order valence-corrected chi connectivity index (χ0v) is 14.7. The zero-order chi connectivity index (χ0) is 18.0. The van der Waals surface area contributed by atoms with E-state index in [4.69, 9.17) is 9.47 Å². The van der Waals surface area contributed by atoms with E-state index in [1.807, 2.05) is 31.2 Å². The highest BCUT2D eigenvalue weighted by Gasteiger charge is 2.29. The van der Waals surface area contributed by atoms with Crippen LogP contribution >= 0.6 is 0 Å². The Morgan fingerprint density at radius 2 is 1.76 bits per heavy atom. The molecule has 1 saturated heterocycles. The number of benzene rings is 1. The summed E-state index contributed by atoms with van der Waals surface area (Å²) < 4.78 is 11.8. The van der Waals surface area contributed by atoms with Gasteiger partial charge in [-0.05, 0) is 12.5 Å². The second kappa shape index (κ2) is 7.11. The van der Waals surface area contributed by atoms with Crippen molar-refractivity contribution in [2.45, 2.75) is 13.8 Å². The summed E-state index contributed by atoms with van der Waals surface area (Å²) in [5, 5.41) is 0. The van der Waals surface area contributed by atoms with E-state index in [0.29, 0.717) is 26.3 Å². The summed E-state index contributed by atoms with van der Waals surface area (Å²) >= 11 is 0. The van der Waals surface area contributed by atoms with E-state index < -0.39 is 5.97 Å². The van der Waals surface area contributed by atoms with Crippen molar-refractivity contribution >= 4 is 17.6 Å². The summed E-state index contributed by atoms with van der Waals surface area (Å²) in [5.41, 5.74) is 3.95. The molecule has 132 valence electrons. The van der Waals surface area contributed by atoms with Gasteiger partial charge in [0, 0.05) is 31.8 Å². The second-order valence-electron chi connectivity index (χ2n) is 6.09. The van der Waals surface area contributed by atoms with Crippen LogP contribution in [0.15, 0.2) is 30.5 Å². The van der Waals surface area contributed by atoms with Crippen LogP contribution in [0.1, 0.15) is 27.8 Å². The minimum absolute atomic E-state index is 0.228. The van der Waals surface area contributed by atoms with Crippen LogP contribution in [0.5, 0.6) is 0 Å². The van der Waals surface area contributed by atoms with Crippen LogP contribution in [0.4, 0.5) is 5.69 Å². The van der Waals surface area contributed by atoms with Crippen molar-refractivity contribution in [3.63, 3.8) is 0 Å². The van der Waals surface area contributed by atoms with Crippen LogP contribution in [-0.2, 0) is 9.47 Å². The number of esters is 1. The largest absolute Gasteiger partial charge is 0.464 e. The van der Waals surface area contributed by atoms with E-state index in [0.717, 1.165) is 22.4 Å². The lowest BCUT2D eigenvalue weighted by Crippen LogP contribution is -2.37. The summed E-state index contributed by atoms with van der Waals surface area (Å²) in [4.78, 5) is 26.7. The predicted octanol–water partition coefficient (Wildman–Crippen LogP) is 2.75. The molecule has 0 amide bonds. The highest BCUT2D eigenvalue weighted by atomic mass is 16.5. The van der Waals surface area contributed by atoms with Gasteiger partial charge in [-0.2, -0.15) is 0 Å². The molecule has 1 aliphatic rings. The molecule has 0 unspecified atom stereocenters. The fourth-order valence-corrected chi connectivity index (χ4v) is 3.09. The molecule has 2 heterocycles. The normalized spacial score (nSPS) is 14.4. The summed E-state index contributed by atoms with van der Waals surface area (Å²) in [6.07, 6.45) is 1.73. The number of aromatic nitrogens is 1. The first kappa shape index (κ1) is 17.2. The third-order valence-electron chi connectivity index (χ3n) is 4.39. The van der Waals surface area contributed by atoms with Crippen LogP contribution in [0.25, 0.3) is 11.1 Å². The number of anilines is 1. The first-order valence-electron chi connectivity index (χ1n) is 8.27. The maximum Gasteiger partial charge on any atom is 0.357 e. The number of methoxy groups -OCH3 is 1. The van der Waals surface area contributed by atoms with Gasteiger partial charge in [-0.1, -0.05) is 29.8 Å². The molecule has 0 radical (unpaired) electrons. The quantitative estimate of drug-likeness (QED) is 0.803. The van der Waals surface area contributed by atoms with Gasteiger partial charge >= 0.3 is 5.97 Å². The monoisotopic (exact) mass is 342 g/mol. The molecule has 1 fully saturated rings. The Bertz CT molecular complexity index is 787. The fourth-order valence-electron chi connectivity index (χ4n) is 3.09. The number of carbonyl (C=O) groups excluding carboxylic acids is 2. The Balaban J connectivity index is 2.23. The van der Waals surface area contributed by atoms with Crippen molar-refractivity contribution in [2.24, 2.45) is 0 Å². The molecule has 6 nitrogen and oxygen atoms in total. The first-order valence-corrected chi connectivity index (χ1v) is 8.27. The minimum Gasteiger partial charge on any atom is -0.464 e. The van der Waals surface area contributed by atoms with E-state index in [1.54, 1.807) is 6.20 Å².